The zero-order chi connectivity index (χ0) is 11.5. The van der Waals surface area contributed by atoms with E-state index in [1.165, 1.54) is 5.56 Å². The molecule has 0 aliphatic heterocycles. The molecule has 0 saturated heterocycles. The molecule has 1 N–H and O–H groups in total. The Morgan fingerprint density at radius 2 is 2.00 bits per heavy atom. The fourth-order valence-electron chi connectivity index (χ4n) is 2.23. The summed E-state index contributed by atoms with van der Waals surface area (Å²) in [6, 6.07) is 8.11. The number of benzene rings is 1. The van der Waals surface area contributed by atoms with Crippen LogP contribution < -0.4 is 0 Å². The maximum atomic E-state index is 11.2. The van der Waals surface area contributed by atoms with Crippen LogP contribution in [0.3, 0.4) is 0 Å². The van der Waals surface area contributed by atoms with Crippen LogP contribution >= 0.6 is 0 Å². The highest BCUT2D eigenvalue weighted by Crippen LogP contribution is 2.42. The van der Waals surface area contributed by atoms with Crippen LogP contribution in [0.15, 0.2) is 24.3 Å². The first-order valence-electron chi connectivity index (χ1n) is 6.04. The van der Waals surface area contributed by atoms with Crippen LogP contribution in [0.1, 0.15) is 43.2 Å². The van der Waals surface area contributed by atoms with Gasteiger partial charge in [0.15, 0.2) is 0 Å². The minimum Gasteiger partial charge on any atom is -0.481 e. The number of aliphatic carboxylic acids is 1. The van der Waals surface area contributed by atoms with Crippen molar-refractivity contribution in [3.63, 3.8) is 0 Å². The van der Waals surface area contributed by atoms with Gasteiger partial charge in [-0.2, -0.15) is 0 Å². The zero-order valence-corrected chi connectivity index (χ0v) is 9.65. The Labute approximate surface area is 96.3 Å². The molecule has 16 heavy (non-hydrogen) atoms. The van der Waals surface area contributed by atoms with Crippen LogP contribution in [0.2, 0.25) is 0 Å². The third kappa shape index (κ3) is 2.43. The fourth-order valence-corrected chi connectivity index (χ4v) is 2.23. The predicted molar refractivity (Wildman–Crippen MR) is 63.5 cm³/mol. The SMILES string of the molecule is CCCc1ccc(C(C(=O)O)C2CC2)cc1. The van der Waals surface area contributed by atoms with Crippen molar-refractivity contribution in [1.29, 1.82) is 0 Å². The molecule has 86 valence electrons. The van der Waals surface area contributed by atoms with Crippen LogP contribution in [0, 0.1) is 5.92 Å². The molecular weight excluding hydrogens is 200 g/mol. The van der Waals surface area contributed by atoms with Gasteiger partial charge in [-0.15, -0.1) is 0 Å². The summed E-state index contributed by atoms with van der Waals surface area (Å²) < 4.78 is 0. The van der Waals surface area contributed by atoms with Gasteiger partial charge < -0.3 is 5.11 Å². The summed E-state index contributed by atoms with van der Waals surface area (Å²) in [6.07, 6.45) is 4.33. The smallest absolute Gasteiger partial charge is 0.311 e. The van der Waals surface area contributed by atoms with Crippen molar-refractivity contribution in [1.82, 2.24) is 0 Å². The molecule has 1 atom stereocenters. The molecule has 1 aromatic carbocycles. The fraction of sp³-hybridized carbons (Fsp3) is 0.500. The molecular formula is C14H18O2. The van der Waals surface area contributed by atoms with Crippen LogP contribution in [0.4, 0.5) is 0 Å². The van der Waals surface area contributed by atoms with E-state index in [0.29, 0.717) is 5.92 Å². The first kappa shape index (κ1) is 11.2. The third-order valence-electron chi connectivity index (χ3n) is 3.24. The van der Waals surface area contributed by atoms with Gasteiger partial charge in [-0.25, -0.2) is 0 Å². The highest BCUT2D eigenvalue weighted by Gasteiger charge is 2.37. The molecule has 1 saturated carbocycles. The monoisotopic (exact) mass is 218 g/mol. The van der Waals surface area contributed by atoms with Gasteiger partial charge in [0.2, 0.25) is 0 Å². The molecule has 1 aliphatic rings. The van der Waals surface area contributed by atoms with Crippen molar-refractivity contribution in [3.8, 4) is 0 Å². The number of hydrogen-bond donors (Lipinski definition) is 1. The lowest BCUT2D eigenvalue weighted by Crippen LogP contribution is -2.13. The van der Waals surface area contributed by atoms with Gasteiger partial charge >= 0.3 is 5.97 Å². The molecule has 1 aliphatic carbocycles. The van der Waals surface area contributed by atoms with E-state index in [2.05, 4.69) is 19.1 Å². The molecule has 1 aromatic rings. The second kappa shape index (κ2) is 4.69. The summed E-state index contributed by atoms with van der Waals surface area (Å²) in [5, 5.41) is 9.21. The number of carboxylic acids is 1. The first-order valence-corrected chi connectivity index (χ1v) is 6.04. The molecule has 0 aromatic heterocycles. The molecule has 2 heteroatoms. The van der Waals surface area contributed by atoms with E-state index in [0.717, 1.165) is 31.2 Å². The van der Waals surface area contributed by atoms with Gasteiger partial charge in [-0.05, 0) is 36.3 Å². The minimum absolute atomic E-state index is 0.282. The normalized spacial score (nSPS) is 17.1. The molecule has 0 radical (unpaired) electrons. The van der Waals surface area contributed by atoms with Crippen LogP contribution in [-0.2, 0) is 11.2 Å². The highest BCUT2D eigenvalue weighted by molar-refractivity contribution is 5.77. The Kier molecular flexibility index (Phi) is 3.28. The topological polar surface area (TPSA) is 37.3 Å². The Bertz CT molecular complexity index is 363. The lowest BCUT2D eigenvalue weighted by molar-refractivity contribution is -0.139. The first-order chi connectivity index (χ1) is 7.72. The summed E-state index contributed by atoms with van der Waals surface area (Å²) in [5.74, 6) is -0.587. The second-order valence-corrected chi connectivity index (χ2v) is 4.64. The Morgan fingerprint density at radius 1 is 1.38 bits per heavy atom. The van der Waals surface area contributed by atoms with Crippen molar-refractivity contribution in [2.45, 2.75) is 38.5 Å². The van der Waals surface area contributed by atoms with Gasteiger partial charge in [0, 0.05) is 0 Å². The molecule has 2 nitrogen and oxygen atoms in total. The van der Waals surface area contributed by atoms with E-state index in [1.807, 2.05) is 12.1 Å². The molecule has 1 unspecified atom stereocenters. The van der Waals surface area contributed by atoms with Crippen molar-refractivity contribution in [2.75, 3.05) is 0 Å². The predicted octanol–water partition coefficient (Wildman–Crippen LogP) is 3.22. The largest absolute Gasteiger partial charge is 0.481 e. The average molecular weight is 218 g/mol. The van der Waals surface area contributed by atoms with Crippen molar-refractivity contribution < 1.29 is 9.90 Å². The second-order valence-electron chi connectivity index (χ2n) is 4.64. The third-order valence-corrected chi connectivity index (χ3v) is 3.24. The number of rotatable bonds is 5. The Morgan fingerprint density at radius 3 is 2.44 bits per heavy atom. The molecule has 0 bridgehead atoms. The Balaban J connectivity index is 2.15. The lowest BCUT2D eigenvalue weighted by Gasteiger charge is -2.12. The maximum absolute atomic E-state index is 11.2. The van der Waals surface area contributed by atoms with E-state index < -0.39 is 5.97 Å². The van der Waals surface area contributed by atoms with E-state index in [4.69, 9.17) is 0 Å². The van der Waals surface area contributed by atoms with E-state index in [9.17, 15) is 9.90 Å². The summed E-state index contributed by atoms with van der Waals surface area (Å²) in [6.45, 7) is 2.15. The molecule has 0 heterocycles. The van der Waals surface area contributed by atoms with Crippen molar-refractivity contribution in [2.24, 2.45) is 5.92 Å². The minimum atomic E-state index is -0.675. The molecule has 0 amide bonds. The number of carboxylic acid groups (broad SMARTS) is 1. The highest BCUT2D eigenvalue weighted by atomic mass is 16.4. The van der Waals surface area contributed by atoms with Crippen LogP contribution in [0.5, 0.6) is 0 Å². The molecule has 1 fully saturated rings. The summed E-state index contributed by atoms with van der Waals surface area (Å²) in [5.41, 5.74) is 2.26. The van der Waals surface area contributed by atoms with Gasteiger partial charge in [0.1, 0.15) is 0 Å². The average Bonchev–Trinajstić information content (AvgIpc) is 3.05. The van der Waals surface area contributed by atoms with Gasteiger partial charge in [0.25, 0.3) is 0 Å². The van der Waals surface area contributed by atoms with Crippen LogP contribution in [-0.4, -0.2) is 11.1 Å². The van der Waals surface area contributed by atoms with Gasteiger partial charge in [-0.1, -0.05) is 37.6 Å². The lowest BCUT2D eigenvalue weighted by atomic mass is 9.93. The van der Waals surface area contributed by atoms with E-state index in [1.54, 1.807) is 0 Å². The van der Waals surface area contributed by atoms with Gasteiger partial charge in [-0.3, -0.25) is 4.79 Å². The Hall–Kier alpha value is -1.31. The summed E-state index contributed by atoms with van der Waals surface area (Å²) in [7, 11) is 0. The van der Waals surface area contributed by atoms with Crippen molar-refractivity contribution in [3.05, 3.63) is 35.4 Å². The molecule has 0 spiro atoms. The van der Waals surface area contributed by atoms with E-state index in [-0.39, 0.29) is 5.92 Å². The number of carbonyl (C=O) groups is 1. The summed E-state index contributed by atoms with van der Waals surface area (Å²) in [4.78, 5) is 11.2. The molecule has 2 rings (SSSR count). The van der Waals surface area contributed by atoms with Crippen molar-refractivity contribution >= 4 is 5.97 Å². The maximum Gasteiger partial charge on any atom is 0.311 e. The summed E-state index contributed by atoms with van der Waals surface area (Å²) >= 11 is 0. The van der Waals surface area contributed by atoms with E-state index >= 15 is 0 Å². The standard InChI is InChI=1S/C14H18O2/c1-2-3-10-4-6-11(7-5-10)13(14(15)16)12-8-9-12/h4-7,12-13H,2-3,8-9H2,1H3,(H,15,16). The number of aryl methyl sites for hydroxylation is 1. The number of hydrogen-bond acceptors (Lipinski definition) is 1. The van der Waals surface area contributed by atoms with Gasteiger partial charge in [0.05, 0.1) is 5.92 Å². The van der Waals surface area contributed by atoms with Crippen LogP contribution in [0.25, 0.3) is 0 Å². The quantitative estimate of drug-likeness (QED) is 0.824. The zero-order valence-electron chi connectivity index (χ0n) is 9.65.